The number of hydrogen-bond acceptors (Lipinski definition) is 5. The highest BCUT2D eigenvalue weighted by atomic mass is 79.9. The number of halogens is 1. The van der Waals surface area contributed by atoms with E-state index in [4.69, 9.17) is 13.9 Å². The Morgan fingerprint density at radius 1 is 1.31 bits per heavy atom. The summed E-state index contributed by atoms with van der Waals surface area (Å²) >= 11 is 3.22. The van der Waals surface area contributed by atoms with Crippen molar-refractivity contribution in [3.63, 3.8) is 0 Å². The number of ether oxygens (including phenoxy) is 2. The van der Waals surface area contributed by atoms with Gasteiger partial charge >= 0.3 is 5.97 Å². The first-order chi connectivity index (χ1) is 14.5. The lowest BCUT2D eigenvalue weighted by Gasteiger charge is -2.45. The predicted molar refractivity (Wildman–Crippen MR) is 133 cm³/mol. The highest BCUT2D eigenvalue weighted by Gasteiger charge is 2.75. The molecule has 0 bridgehead atoms. The fourth-order valence-electron chi connectivity index (χ4n) is 5.00. The molecule has 1 N–H and O–H groups in total. The van der Waals surface area contributed by atoms with Gasteiger partial charge in [-0.15, -0.1) is 0 Å². The summed E-state index contributed by atoms with van der Waals surface area (Å²) in [6.07, 6.45) is 5.89. The zero-order valence-electron chi connectivity index (χ0n) is 20.9. The number of fused-ring (bicyclic) bond motifs is 1. The van der Waals surface area contributed by atoms with E-state index in [2.05, 4.69) is 70.6 Å². The number of cyclic esters (lactones) is 1. The quantitative estimate of drug-likeness (QED) is 0.269. The van der Waals surface area contributed by atoms with Gasteiger partial charge in [0.1, 0.15) is 17.3 Å². The molecule has 1 aliphatic carbocycles. The second-order valence-electron chi connectivity index (χ2n) is 12.0. The summed E-state index contributed by atoms with van der Waals surface area (Å²) in [5.74, 6) is -0.417. The molecule has 2 heterocycles. The molecule has 180 valence electrons. The number of aliphatic hydroxyl groups is 1. The Kier molecular flexibility index (Phi) is 6.62. The number of esters is 1. The van der Waals surface area contributed by atoms with Crippen LogP contribution in [0.2, 0.25) is 18.1 Å². The SMILES string of the molecule is C/C(=C\Br)C(O)C1C=C(/C=C/[C@@]23O[C@]2(C)C[C@@H](O[Si](C)(C)C(C)(C)C)CC3(C)C)C(=O)O1. The van der Waals surface area contributed by atoms with Crippen molar-refractivity contribution in [3.05, 3.63) is 34.4 Å². The Balaban J connectivity index is 1.78. The maximum atomic E-state index is 12.4. The van der Waals surface area contributed by atoms with Crippen LogP contribution in [0.5, 0.6) is 0 Å². The molecular formula is C25H39BrO5Si. The fourth-order valence-corrected chi connectivity index (χ4v) is 6.62. The molecule has 5 atom stereocenters. The molecule has 5 nitrogen and oxygen atoms in total. The molecule has 0 aromatic heterocycles. The van der Waals surface area contributed by atoms with Gasteiger partial charge in [0, 0.05) is 17.9 Å². The highest BCUT2D eigenvalue weighted by molar-refractivity contribution is 9.11. The van der Waals surface area contributed by atoms with Gasteiger partial charge in [-0.3, -0.25) is 0 Å². The van der Waals surface area contributed by atoms with Crippen LogP contribution in [-0.4, -0.2) is 48.9 Å². The van der Waals surface area contributed by atoms with Crippen LogP contribution < -0.4 is 0 Å². The molecule has 32 heavy (non-hydrogen) atoms. The summed E-state index contributed by atoms with van der Waals surface area (Å²) < 4.78 is 18.6. The van der Waals surface area contributed by atoms with E-state index in [1.165, 1.54) is 0 Å². The van der Waals surface area contributed by atoms with Crippen molar-refractivity contribution in [1.82, 2.24) is 0 Å². The predicted octanol–water partition coefficient (Wildman–Crippen LogP) is 5.79. The molecule has 0 aromatic rings. The van der Waals surface area contributed by atoms with Gasteiger partial charge in [-0.05, 0) is 67.2 Å². The Morgan fingerprint density at radius 3 is 2.47 bits per heavy atom. The third kappa shape index (κ3) is 4.36. The zero-order valence-corrected chi connectivity index (χ0v) is 23.5. The Hall–Kier alpha value is -0.733. The van der Waals surface area contributed by atoms with Crippen molar-refractivity contribution in [1.29, 1.82) is 0 Å². The fraction of sp³-hybridized carbons (Fsp3) is 0.720. The zero-order chi connectivity index (χ0) is 24.3. The minimum absolute atomic E-state index is 0.152. The van der Waals surface area contributed by atoms with Crippen molar-refractivity contribution in [2.75, 3.05) is 0 Å². The van der Waals surface area contributed by atoms with E-state index in [-0.39, 0.29) is 22.2 Å². The minimum Gasteiger partial charge on any atom is -0.451 e. The van der Waals surface area contributed by atoms with Gasteiger partial charge in [0.15, 0.2) is 14.4 Å². The van der Waals surface area contributed by atoms with E-state index in [1.807, 2.05) is 12.2 Å². The number of carbonyl (C=O) groups excluding carboxylic acids is 1. The lowest BCUT2D eigenvalue weighted by atomic mass is 9.63. The standard InChI is InChI=1S/C25H39BrO5Si/c1-16(15-26)20(27)19-12-17(21(28)29-19)10-11-25-23(5,6)13-18(14-24(25,7)31-25)30-32(8,9)22(2,3)4/h10-12,15,18-20,27H,13-14H2,1-9H3/b11-10+,16-15+/t18-,19?,20?,24+,25-/m0/s1. The molecule has 1 saturated carbocycles. The minimum atomic E-state index is -1.88. The van der Waals surface area contributed by atoms with Gasteiger partial charge in [0.25, 0.3) is 0 Å². The maximum Gasteiger partial charge on any atom is 0.338 e. The monoisotopic (exact) mass is 526 g/mol. The number of carbonyl (C=O) groups is 1. The van der Waals surface area contributed by atoms with Gasteiger partial charge in [0.05, 0.1) is 5.57 Å². The average Bonchev–Trinajstić information content (AvgIpc) is 3.10. The maximum absolute atomic E-state index is 12.4. The summed E-state index contributed by atoms with van der Waals surface area (Å²) in [7, 11) is -1.88. The smallest absolute Gasteiger partial charge is 0.338 e. The lowest BCUT2D eigenvalue weighted by molar-refractivity contribution is -0.142. The molecule has 0 radical (unpaired) electrons. The molecule has 2 unspecified atom stereocenters. The van der Waals surface area contributed by atoms with Crippen molar-refractivity contribution in [2.45, 2.75) is 109 Å². The summed E-state index contributed by atoms with van der Waals surface area (Å²) in [4.78, 5) is 14.0. The largest absolute Gasteiger partial charge is 0.451 e. The van der Waals surface area contributed by atoms with Crippen LogP contribution in [-0.2, 0) is 18.7 Å². The van der Waals surface area contributed by atoms with Crippen LogP contribution in [0, 0.1) is 5.41 Å². The van der Waals surface area contributed by atoms with Crippen LogP contribution in [0.4, 0.5) is 0 Å². The molecule has 1 saturated heterocycles. The molecule has 0 spiro atoms. The molecule has 0 aromatic carbocycles. The van der Waals surface area contributed by atoms with Crippen molar-refractivity contribution >= 4 is 30.2 Å². The summed E-state index contributed by atoms with van der Waals surface area (Å²) in [6.45, 7) is 19.8. The first kappa shape index (κ1) is 25.9. The van der Waals surface area contributed by atoms with Gasteiger partial charge in [-0.1, -0.05) is 50.5 Å². The van der Waals surface area contributed by atoms with Crippen LogP contribution in [0.15, 0.2) is 34.4 Å². The van der Waals surface area contributed by atoms with Gasteiger partial charge in [0.2, 0.25) is 0 Å². The second-order valence-corrected chi connectivity index (χ2v) is 17.2. The highest BCUT2D eigenvalue weighted by Crippen LogP contribution is 2.66. The van der Waals surface area contributed by atoms with Gasteiger partial charge < -0.3 is 19.0 Å². The average molecular weight is 528 g/mol. The molecule has 3 aliphatic rings. The Labute approximate surface area is 202 Å². The topological polar surface area (TPSA) is 68.3 Å². The third-order valence-corrected chi connectivity index (χ3v) is 13.3. The lowest BCUT2D eigenvalue weighted by Crippen LogP contribution is -2.51. The van der Waals surface area contributed by atoms with Gasteiger partial charge in [-0.2, -0.15) is 0 Å². The number of epoxide rings is 1. The molecule has 7 heteroatoms. The first-order valence-electron chi connectivity index (χ1n) is 11.4. The van der Waals surface area contributed by atoms with Crippen LogP contribution >= 0.6 is 15.9 Å². The molecule has 3 rings (SSSR count). The molecule has 2 aliphatic heterocycles. The number of hydrogen-bond donors (Lipinski definition) is 1. The molecule has 2 fully saturated rings. The normalized spacial score (nSPS) is 36.0. The summed E-state index contributed by atoms with van der Waals surface area (Å²) in [5, 5.41) is 10.5. The number of rotatable bonds is 6. The number of aliphatic hydroxyl groups excluding tert-OH is 1. The summed E-state index contributed by atoms with van der Waals surface area (Å²) in [6, 6.07) is 0. The Bertz CT molecular complexity index is 868. The van der Waals surface area contributed by atoms with Crippen LogP contribution in [0.3, 0.4) is 0 Å². The molecular weight excluding hydrogens is 488 g/mol. The Morgan fingerprint density at radius 2 is 1.94 bits per heavy atom. The van der Waals surface area contributed by atoms with E-state index in [9.17, 15) is 9.90 Å². The van der Waals surface area contributed by atoms with E-state index < -0.39 is 32.1 Å². The van der Waals surface area contributed by atoms with E-state index in [0.29, 0.717) is 11.1 Å². The van der Waals surface area contributed by atoms with Crippen molar-refractivity contribution in [2.24, 2.45) is 5.41 Å². The summed E-state index contributed by atoms with van der Waals surface area (Å²) in [5.41, 5.74) is 0.230. The van der Waals surface area contributed by atoms with Crippen molar-refractivity contribution < 1.29 is 23.8 Å². The van der Waals surface area contributed by atoms with E-state index >= 15 is 0 Å². The first-order valence-corrected chi connectivity index (χ1v) is 15.3. The van der Waals surface area contributed by atoms with E-state index in [0.717, 1.165) is 12.8 Å². The van der Waals surface area contributed by atoms with E-state index in [1.54, 1.807) is 18.0 Å². The third-order valence-electron chi connectivity index (χ3n) is 8.03. The van der Waals surface area contributed by atoms with Crippen LogP contribution in [0.1, 0.15) is 61.3 Å². The second kappa shape index (κ2) is 8.19. The van der Waals surface area contributed by atoms with Crippen molar-refractivity contribution in [3.8, 4) is 0 Å². The molecule has 0 amide bonds. The van der Waals surface area contributed by atoms with Crippen LogP contribution in [0.25, 0.3) is 0 Å². The van der Waals surface area contributed by atoms with Gasteiger partial charge in [-0.25, -0.2) is 4.79 Å².